The minimum Gasteiger partial charge on any atom is -0.465 e. The Labute approximate surface area is 288 Å². The molecule has 0 spiro atoms. The van der Waals surface area contributed by atoms with Crippen molar-refractivity contribution in [3.8, 4) is 0 Å². The van der Waals surface area contributed by atoms with E-state index in [1.54, 1.807) is 18.2 Å². The van der Waals surface area contributed by atoms with Gasteiger partial charge in [-0.1, -0.05) is 0 Å². The standard InChI is InChI=1S/2C12H17N3O4.C7H9N3O2/c2*1-12(2,3)14(11(16)17)7-6-9-4-5-10(13-8-9)15(18)19;8-4-3-6-1-2-7(9-5-6)10(11)12/h2*4-5,8H,6-7H2,1-3H3,(H,16,17);1-2,5H,3-4,8H2. The van der Waals surface area contributed by atoms with Gasteiger partial charge >= 0.3 is 29.6 Å². The lowest BCUT2D eigenvalue weighted by atomic mass is 10.1. The van der Waals surface area contributed by atoms with Crippen LogP contribution in [-0.2, 0) is 19.3 Å². The zero-order valence-corrected chi connectivity index (χ0v) is 28.8. The van der Waals surface area contributed by atoms with E-state index < -0.39 is 38.0 Å². The van der Waals surface area contributed by atoms with Crippen molar-refractivity contribution in [1.82, 2.24) is 24.8 Å². The number of rotatable bonds is 11. The van der Waals surface area contributed by atoms with Crippen molar-refractivity contribution in [2.24, 2.45) is 5.73 Å². The molecule has 0 unspecified atom stereocenters. The first-order chi connectivity index (χ1) is 23.2. The summed E-state index contributed by atoms with van der Waals surface area (Å²) in [6.07, 6.45) is 3.95. The molecule has 3 rings (SSSR count). The maximum Gasteiger partial charge on any atom is 0.407 e. The van der Waals surface area contributed by atoms with Gasteiger partial charge in [-0.25, -0.2) is 9.59 Å². The average molecular weight is 702 g/mol. The molecule has 0 aliphatic rings. The second kappa shape index (κ2) is 19.2. The first-order valence-corrected chi connectivity index (χ1v) is 15.2. The Morgan fingerprint density at radius 3 is 1.08 bits per heavy atom. The van der Waals surface area contributed by atoms with Crippen LogP contribution in [0.5, 0.6) is 0 Å². The van der Waals surface area contributed by atoms with Gasteiger partial charge in [0.25, 0.3) is 0 Å². The zero-order chi connectivity index (χ0) is 38.2. The summed E-state index contributed by atoms with van der Waals surface area (Å²) < 4.78 is 0. The molecule has 0 atom stereocenters. The summed E-state index contributed by atoms with van der Waals surface area (Å²) in [4.78, 5) is 65.4. The van der Waals surface area contributed by atoms with E-state index in [1.807, 2.05) is 41.5 Å². The van der Waals surface area contributed by atoms with Gasteiger partial charge in [0.2, 0.25) is 0 Å². The quantitative estimate of drug-likeness (QED) is 0.173. The van der Waals surface area contributed by atoms with Gasteiger partial charge in [0.15, 0.2) is 0 Å². The Kier molecular flexibility index (Phi) is 16.2. The van der Waals surface area contributed by atoms with Gasteiger partial charge in [-0.3, -0.25) is 0 Å². The fraction of sp³-hybridized carbons (Fsp3) is 0.452. The molecular weight excluding hydrogens is 658 g/mol. The van der Waals surface area contributed by atoms with Crippen LogP contribution in [0.1, 0.15) is 58.2 Å². The number of nitrogens with zero attached hydrogens (tertiary/aromatic N) is 8. The topological polar surface area (TPSA) is 275 Å². The predicted molar refractivity (Wildman–Crippen MR) is 182 cm³/mol. The van der Waals surface area contributed by atoms with Crippen LogP contribution < -0.4 is 5.73 Å². The van der Waals surface area contributed by atoms with E-state index in [0.717, 1.165) is 16.7 Å². The number of hydrogen-bond acceptors (Lipinski definition) is 12. The van der Waals surface area contributed by atoms with Crippen molar-refractivity contribution >= 4 is 29.6 Å². The van der Waals surface area contributed by atoms with E-state index in [2.05, 4.69) is 15.0 Å². The minimum atomic E-state index is -0.984. The highest BCUT2D eigenvalue weighted by Crippen LogP contribution is 2.17. The Balaban J connectivity index is 0.000000385. The molecule has 4 N–H and O–H groups in total. The number of carbonyl (C=O) groups is 2. The summed E-state index contributed by atoms with van der Waals surface area (Å²) >= 11 is 0. The third kappa shape index (κ3) is 14.9. The molecule has 0 fully saturated rings. The fourth-order valence-electron chi connectivity index (χ4n) is 4.10. The van der Waals surface area contributed by atoms with Crippen LogP contribution in [0, 0.1) is 30.3 Å². The van der Waals surface area contributed by atoms with Gasteiger partial charge in [0.05, 0.1) is 0 Å². The number of amides is 2. The molecule has 272 valence electrons. The van der Waals surface area contributed by atoms with Crippen molar-refractivity contribution in [1.29, 1.82) is 0 Å². The molecule has 0 saturated carbocycles. The predicted octanol–water partition coefficient (Wildman–Crippen LogP) is 5.11. The van der Waals surface area contributed by atoms with Crippen LogP contribution in [0.25, 0.3) is 0 Å². The summed E-state index contributed by atoms with van der Waals surface area (Å²) in [6.45, 7) is 12.1. The highest BCUT2D eigenvalue weighted by molar-refractivity contribution is 5.66. The van der Waals surface area contributed by atoms with Crippen molar-refractivity contribution in [2.75, 3.05) is 19.6 Å². The second-order valence-electron chi connectivity index (χ2n) is 12.6. The molecule has 19 heteroatoms. The van der Waals surface area contributed by atoms with Gasteiger partial charge in [0.1, 0.15) is 18.6 Å². The Morgan fingerprint density at radius 1 is 0.620 bits per heavy atom. The number of hydrogen-bond donors (Lipinski definition) is 3. The summed E-state index contributed by atoms with van der Waals surface area (Å²) in [5.74, 6) is -0.555. The van der Waals surface area contributed by atoms with Gasteiger partial charge in [0, 0.05) is 42.4 Å². The molecule has 0 aromatic carbocycles. The molecule has 3 aromatic heterocycles. The lowest BCUT2D eigenvalue weighted by molar-refractivity contribution is -0.389. The maximum atomic E-state index is 11.1. The molecular formula is C31H43N9O10. The fourth-order valence-corrected chi connectivity index (χ4v) is 4.10. The molecule has 0 radical (unpaired) electrons. The van der Waals surface area contributed by atoms with Gasteiger partial charge in [-0.15, -0.1) is 0 Å². The van der Waals surface area contributed by atoms with E-state index in [1.165, 1.54) is 46.6 Å². The number of aromatic nitrogens is 3. The number of pyridine rings is 3. The van der Waals surface area contributed by atoms with E-state index >= 15 is 0 Å². The van der Waals surface area contributed by atoms with Crippen molar-refractivity contribution < 1.29 is 34.6 Å². The van der Waals surface area contributed by atoms with Crippen LogP contribution in [0.4, 0.5) is 27.0 Å². The average Bonchev–Trinajstić information content (AvgIpc) is 3.01. The highest BCUT2D eigenvalue weighted by Gasteiger charge is 2.26. The van der Waals surface area contributed by atoms with E-state index in [-0.39, 0.29) is 17.5 Å². The molecule has 3 heterocycles. The van der Waals surface area contributed by atoms with Crippen molar-refractivity contribution in [3.05, 3.63) is 102 Å². The molecule has 0 aliphatic heterocycles. The third-order valence-corrected chi connectivity index (χ3v) is 6.75. The normalized spacial score (nSPS) is 10.8. The second-order valence-corrected chi connectivity index (χ2v) is 12.6. The molecule has 0 aliphatic carbocycles. The first-order valence-electron chi connectivity index (χ1n) is 15.2. The number of nitrogens with two attached hydrogens (primary N) is 1. The van der Waals surface area contributed by atoms with Gasteiger partial charge in [-0.2, -0.15) is 0 Å². The summed E-state index contributed by atoms with van der Waals surface area (Å²) in [7, 11) is 0. The lowest BCUT2D eigenvalue weighted by Gasteiger charge is -2.33. The van der Waals surface area contributed by atoms with Crippen LogP contribution >= 0.6 is 0 Å². The van der Waals surface area contributed by atoms with Gasteiger partial charge < -0.3 is 56.1 Å². The lowest BCUT2D eigenvalue weighted by Crippen LogP contribution is -2.45. The smallest absolute Gasteiger partial charge is 0.407 e. The molecule has 19 nitrogen and oxygen atoms in total. The van der Waals surface area contributed by atoms with Crippen molar-refractivity contribution in [2.45, 2.75) is 71.9 Å². The van der Waals surface area contributed by atoms with Crippen LogP contribution in [-0.4, -0.2) is 92.6 Å². The Bertz CT molecular complexity index is 1480. The molecule has 0 bridgehead atoms. The third-order valence-electron chi connectivity index (χ3n) is 6.75. The highest BCUT2D eigenvalue weighted by atomic mass is 16.6. The maximum absolute atomic E-state index is 11.1. The SMILES string of the molecule is CC(C)(C)N(CCc1ccc([N+](=O)[O-])nc1)C(=O)O.CC(C)(C)N(CCc1ccc([N+](=O)[O-])nc1)C(=O)O.NCCc1ccc([N+](=O)[O-])nc1. The molecule has 2 amide bonds. The molecule has 3 aromatic rings. The summed E-state index contributed by atoms with van der Waals surface area (Å²) in [6, 6.07) is 8.86. The largest absolute Gasteiger partial charge is 0.465 e. The van der Waals surface area contributed by atoms with Crippen molar-refractivity contribution in [3.63, 3.8) is 0 Å². The first kappa shape index (κ1) is 42.2. The Hall–Kier alpha value is -5.85. The van der Waals surface area contributed by atoms with E-state index in [9.17, 15) is 39.9 Å². The zero-order valence-electron chi connectivity index (χ0n) is 28.8. The van der Waals surface area contributed by atoms with Crippen LogP contribution in [0.2, 0.25) is 0 Å². The molecule has 0 saturated heterocycles. The summed E-state index contributed by atoms with van der Waals surface area (Å²) in [5.41, 5.74) is 6.77. The number of carboxylic acid groups (broad SMARTS) is 2. The summed E-state index contributed by atoms with van der Waals surface area (Å²) in [5, 5.41) is 49.4. The van der Waals surface area contributed by atoms with Gasteiger partial charge in [-0.05, 0) is 132 Å². The van der Waals surface area contributed by atoms with Crippen LogP contribution in [0.3, 0.4) is 0 Å². The molecule has 50 heavy (non-hydrogen) atoms. The van der Waals surface area contributed by atoms with E-state index in [4.69, 9.17) is 15.9 Å². The Morgan fingerprint density at radius 2 is 0.900 bits per heavy atom. The van der Waals surface area contributed by atoms with Crippen LogP contribution in [0.15, 0.2) is 55.0 Å². The number of nitro groups is 3. The monoisotopic (exact) mass is 701 g/mol. The van der Waals surface area contributed by atoms with E-state index in [0.29, 0.717) is 38.9 Å². The minimum absolute atomic E-state index is 0.129.